The van der Waals surface area contributed by atoms with Crippen molar-refractivity contribution in [2.45, 2.75) is 13.5 Å². The zero-order valence-corrected chi connectivity index (χ0v) is 19.8. The number of amides is 2. The van der Waals surface area contributed by atoms with Gasteiger partial charge in [-0.2, -0.15) is 0 Å². The zero-order chi connectivity index (χ0) is 22.1. The molecule has 1 aliphatic heterocycles. The van der Waals surface area contributed by atoms with Crippen LogP contribution in [0.4, 0.5) is 10.6 Å². The van der Waals surface area contributed by atoms with Crippen molar-refractivity contribution < 1.29 is 4.79 Å². The molecule has 3 aromatic heterocycles. The van der Waals surface area contributed by atoms with Gasteiger partial charge in [0.1, 0.15) is 16.5 Å². The largest absolute Gasteiger partial charge is 0.352 e. The molecule has 4 heterocycles. The molecule has 0 saturated carbocycles. The Labute approximate surface area is 195 Å². The lowest BCUT2D eigenvalue weighted by Crippen LogP contribution is -2.52. The summed E-state index contributed by atoms with van der Waals surface area (Å²) in [4.78, 5) is 30.8. The summed E-state index contributed by atoms with van der Waals surface area (Å²) in [6.07, 6.45) is 0. The van der Waals surface area contributed by atoms with Crippen LogP contribution in [0.15, 0.2) is 53.2 Å². The molecule has 0 radical (unpaired) electrons. The van der Waals surface area contributed by atoms with Gasteiger partial charge in [0.05, 0.1) is 5.39 Å². The Morgan fingerprint density at radius 1 is 1.03 bits per heavy atom. The molecule has 0 spiro atoms. The van der Waals surface area contributed by atoms with Crippen molar-refractivity contribution >= 4 is 44.7 Å². The molecule has 1 aliphatic rings. The summed E-state index contributed by atoms with van der Waals surface area (Å²) in [5.41, 5.74) is 2.34. The van der Waals surface area contributed by atoms with Gasteiger partial charge in [-0.1, -0.05) is 36.4 Å². The average molecular weight is 464 g/mol. The van der Waals surface area contributed by atoms with E-state index in [0.717, 1.165) is 40.5 Å². The Morgan fingerprint density at radius 2 is 1.81 bits per heavy atom. The van der Waals surface area contributed by atoms with Gasteiger partial charge in [0, 0.05) is 55.6 Å². The molecule has 32 heavy (non-hydrogen) atoms. The maximum absolute atomic E-state index is 13.0. The lowest BCUT2D eigenvalue weighted by molar-refractivity contribution is 0.157. The Kier molecular flexibility index (Phi) is 5.80. The van der Waals surface area contributed by atoms with Crippen LogP contribution in [0.25, 0.3) is 20.7 Å². The molecule has 0 bridgehead atoms. The van der Waals surface area contributed by atoms with E-state index in [1.807, 2.05) is 37.1 Å². The highest BCUT2D eigenvalue weighted by Crippen LogP contribution is 2.40. The summed E-state index contributed by atoms with van der Waals surface area (Å²) in [6.45, 7) is 5.45. The first-order chi connectivity index (χ1) is 15.6. The number of fused-ring (bicyclic) bond motifs is 1. The highest BCUT2D eigenvalue weighted by Gasteiger charge is 2.27. The van der Waals surface area contributed by atoms with Crippen molar-refractivity contribution in [2.24, 2.45) is 0 Å². The molecule has 1 aromatic carbocycles. The van der Waals surface area contributed by atoms with E-state index in [0.29, 0.717) is 19.6 Å². The monoisotopic (exact) mass is 463 g/mol. The summed E-state index contributed by atoms with van der Waals surface area (Å²) in [5, 5.41) is 5.42. The number of aromatic nitrogens is 2. The third kappa shape index (κ3) is 4.08. The first-order valence-corrected chi connectivity index (χ1v) is 12.4. The van der Waals surface area contributed by atoms with E-state index in [1.54, 1.807) is 27.6 Å². The summed E-state index contributed by atoms with van der Waals surface area (Å²) < 4.78 is 0. The van der Waals surface area contributed by atoms with Crippen molar-refractivity contribution in [1.29, 1.82) is 0 Å². The SMILES string of the molecule is Cc1nc(N2CCN(C(=O)N(C)Cc3ccccc3)CC2)c2c(-c3cccs3)csc2n1. The Bertz CT molecular complexity index is 1210. The van der Waals surface area contributed by atoms with Crippen LogP contribution in [0.5, 0.6) is 0 Å². The fourth-order valence-electron chi connectivity index (χ4n) is 4.15. The van der Waals surface area contributed by atoms with E-state index < -0.39 is 0 Å². The Balaban J connectivity index is 1.33. The molecular weight excluding hydrogens is 438 g/mol. The molecule has 164 valence electrons. The van der Waals surface area contributed by atoms with Gasteiger partial charge >= 0.3 is 6.03 Å². The van der Waals surface area contributed by atoms with Crippen molar-refractivity contribution in [3.8, 4) is 10.4 Å². The summed E-state index contributed by atoms with van der Waals surface area (Å²) in [6, 6.07) is 14.4. The smallest absolute Gasteiger partial charge is 0.320 e. The maximum Gasteiger partial charge on any atom is 0.320 e. The second-order valence-corrected chi connectivity index (χ2v) is 9.81. The summed E-state index contributed by atoms with van der Waals surface area (Å²) >= 11 is 3.41. The van der Waals surface area contributed by atoms with Crippen molar-refractivity contribution in [3.63, 3.8) is 0 Å². The molecular formula is C24H25N5OS2. The van der Waals surface area contributed by atoms with E-state index in [2.05, 4.69) is 44.9 Å². The van der Waals surface area contributed by atoms with E-state index in [1.165, 1.54) is 10.4 Å². The second-order valence-electron chi connectivity index (χ2n) is 8.00. The van der Waals surface area contributed by atoms with E-state index in [-0.39, 0.29) is 6.03 Å². The van der Waals surface area contributed by atoms with Crippen LogP contribution in [-0.2, 0) is 6.54 Å². The number of carbonyl (C=O) groups is 1. The first-order valence-electron chi connectivity index (χ1n) is 10.7. The molecule has 0 unspecified atom stereocenters. The zero-order valence-electron chi connectivity index (χ0n) is 18.2. The van der Waals surface area contributed by atoms with Crippen molar-refractivity contribution in [3.05, 3.63) is 64.6 Å². The molecule has 8 heteroatoms. The van der Waals surface area contributed by atoms with E-state index in [4.69, 9.17) is 4.98 Å². The highest BCUT2D eigenvalue weighted by atomic mass is 32.1. The minimum absolute atomic E-state index is 0.0762. The standard InChI is InChI=1S/C24H25N5OS2/c1-17-25-22(21-19(16-32-23(21)26-17)20-9-6-14-31-20)28-10-12-29(13-11-28)24(30)27(2)15-18-7-4-3-5-8-18/h3-9,14,16H,10-13,15H2,1-2H3. The Morgan fingerprint density at radius 3 is 2.53 bits per heavy atom. The van der Waals surface area contributed by atoms with Crippen LogP contribution in [-0.4, -0.2) is 59.0 Å². The molecule has 0 N–H and O–H groups in total. The molecule has 5 rings (SSSR count). The van der Waals surface area contributed by atoms with Gasteiger partial charge < -0.3 is 14.7 Å². The number of thiophene rings is 2. The van der Waals surface area contributed by atoms with Crippen LogP contribution >= 0.6 is 22.7 Å². The van der Waals surface area contributed by atoms with Crippen LogP contribution in [0.2, 0.25) is 0 Å². The van der Waals surface area contributed by atoms with E-state index >= 15 is 0 Å². The second kappa shape index (κ2) is 8.88. The molecule has 0 atom stereocenters. The highest BCUT2D eigenvalue weighted by molar-refractivity contribution is 7.18. The average Bonchev–Trinajstić information content (AvgIpc) is 3.48. The molecule has 1 saturated heterocycles. The first kappa shape index (κ1) is 20.9. The van der Waals surface area contributed by atoms with Gasteiger partial charge in [0.15, 0.2) is 0 Å². The molecule has 6 nitrogen and oxygen atoms in total. The van der Waals surface area contributed by atoms with Crippen LogP contribution < -0.4 is 4.90 Å². The van der Waals surface area contributed by atoms with Gasteiger partial charge in [0.25, 0.3) is 0 Å². The number of anilines is 1. The number of hydrogen-bond donors (Lipinski definition) is 0. The van der Waals surface area contributed by atoms with Gasteiger partial charge in [0.2, 0.25) is 0 Å². The normalized spacial score (nSPS) is 14.2. The molecule has 0 aliphatic carbocycles. The van der Waals surface area contributed by atoms with Crippen molar-refractivity contribution in [2.75, 3.05) is 38.1 Å². The van der Waals surface area contributed by atoms with E-state index in [9.17, 15) is 4.79 Å². The number of carbonyl (C=O) groups excluding carboxylic acids is 1. The fraction of sp³-hybridized carbons (Fsp3) is 0.292. The fourth-order valence-corrected chi connectivity index (χ4v) is 5.95. The number of rotatable bonds is 4. The van der Waals surface area contributed by atoms with Gasteiger partial charge in [-0.3, -0.25) is 0 Å². The predicted molar refractivity (Wildman–Crippen MR) is 133 cm³/mol. The minimum atomic E-state index is 0.0762. The van der Waals surface area contributed by atoms with Crippen LogP contribution in [0.1, 0.15) is 11.4 Å². The van der Waals surface area contributed by atoms with Crippen molar-refractivity contribution in [1.82, 2.24) is 19.8 Å². The quantitative estimate of drug-likeness (QED) is 0.422. The minimum Gasteiger partial charge on any atom is -0.352 e. The van der Waals surface area contributed by atoms with Gasteiger partial charge in [-0.05, 0) is 23.9 Å². The number of nitrogens with zero attached hydrogens (tertiary/aromatic N) is 5. The Hall–Kier alpha value is -2.97. The predicted octanol–water partition coefficient (Wildman–Crippen LogP) is 5.10. The maximum atomic E-state index is 13.0. The van der Waals surface area contributed by atoms with Crippen LogP contribution in [0, 0.1) is 6.92 Å². The molecule has 4 aromatic rings. The van der Waals surface area contributed by atoms with Crippen LogP contribution in [0.3, 0.4) is 0 Å². The molecule has 1 fully saturated rings. The number of aryl methyl sites for hydroxylation is 1. The lowest BCUT2D eigenvalue weighted by Gasteiger charge is -2.37. The number of benzene rings is 1. The topological polar surface area (TPSA) is 52.6 Å². The summed E-state index contributed by atoms with van der Waals surface area (Å²) in [7, 11) is 1.87. The van der Waals surface area contributed by atoms with Gasteiger partial charge in [-0.25, -0.2) is 14.8 Å². The number of piperazine rings is 1. The number of hydrogen-bond acceptors (Lipinski definition) is 6. The molecule has 2 amide bonds. The number of urea groups is 1. The summed E-state index contributed by atoms with van der Waals surface area (Å²) in [5.74, 6) is 1.77. The van der Waals surface area contributed by atoms with Gasteiger partial charge in [-0.15, -0.1) is 22.7 Å². The third-order valence-electron chi connectivity index (χ3n) is 5.75. The third-order valence-corrected chi connectivity index (χ3v) is 7.53. The lowest BCUT2D eigenvalue weighted by atomic mass is 10.1.